The van der Waals surface area contributed by atoms with Crippen LogP contribution in [0.3, 0.4) is 0 Å². The Labute approximate surface area is 184 Å². The molecular formula is C25H32N4O2. The van der Waals surface area contributed by atoms with Gasteiger partial charge in [-0.25, -0.2) is 0 Å². The molecule has 1 unspecified atom stereocenters. The molecule has 2 aromatic rings. The number of carbonyl (C=O) groups excluding carboxylic acids is 2. The Kier molecular flexibility index (Phi) is 6.87. The molecule has 4 rings (SSSR count). The first-order valence-corrected chi connectivity index (χ1v) is 11.3. The van der Waals surface area contributed by atoms with E-state index in [1.54, 1.807) is 0 Å². The Morgan fingerprint density at radius 2 is 1.61 bits per heavy atom. The van der Waals surface area contributed by atoms with E-state index in [0.717, 1.165) is 69.8 Å². The normalized spacial score (nSPS) is 20.4. The molecule has 2 fully saturated rings. The average Bonchev–Trinajstić information content (AvgIpc) is 2.80. The Balaban J connectivity index is 1.38. The van der Waals surface area contributed by atoms with Crippen molar-refractivity contribution in [1.29, 1.82) is 0 Å². The molecule has 0 radical (unpaired) electrons. The van der Waals surface area contributed by atoms with Gasteiger partial charge in [0.15, 0.2) is 0 Å². The molecule has 2 aliphatic rings. The lowest BCUT2D eigenvalue weighted by Crippen LogP contribution is -2.41. The molecule has 0 aliphatic carbocycles. The summed E-state index contributed by atoms with van der Waals surface area (Å²) in [7, 11) is 0. The molecule has 6 heteroatoms. The van der Waals surface area contributed by atoms with Gasteiger partial charge in [-0.15, -0.1) is 0 Å². The Morgan fingerprint density at radius 3 is 2.35 bits per heavy atom. The van der Waals surface area contributed by atoms with Crippen molar-refractivity contribution >= 4 is 23.2 Å². The Bertz CT molecular complexity index is 893. The van der Waals surface area contributed by atoms with E-state index >= 15 is 0 Å². The van der Waals surface area contributed by atoms with Gasteiger partial charge in [-0.2, -0.15) is 0 Å². The highest BCUT2D eigenvalue weighted by Gasteiger charge is 2.28. The van der Waals surface area contributed by atoms with Crippen molar-refractivity contribution in [2.24, 2.45) is 17.6 Å². The maximum absolute atomic E-state index is 13.1. The van der Waals surface area contributed by atoms with E-state index in [2.05, 4.69) is 39.4 Å². The first kappa shape index (κ1) is 21.4. The monoisotopic (exact) mass is 420 g/mol. The van der Waals surface area contributed by atoms with E-state index in [4.69, 9.17) is 5.73 Å². The smallest absolute Gasteiger partial charge is 0.228 e. The minimum atomic E-state index is -0.210. The van der Waals surface area contributed by atoms with E-state index < -0.39 is 0 Å². The standard InChI is InChI=1S/C25H32N4O2/c26-24(30)20-12-15-29(16-13-20)23-11-5-4-10-22(23)27-25(31)21-9-6-14-28(18-21)17-19-7-2-1-3-8-19/h1-5,7-8,10-11,20-21H,6,9,12-18H2,(H2,26,30)(H,27,31). The summed E-state index contributed by atoms with van der Waals surface area (Å²) in [6.45, 7) is 4.25. The summed E-state index contributed by atoms with van der Waals surface area (Å²) in [4.78, 5) is 29.2. The number of hydrogen-bond acceptors (Lipinski definition) is 4. The fourth-order valence-corrected chi connectivity index (χ4v) is 4.75. The number of amides is 2. The maximum atomic E-state index is 13.1. The molecule has 3 N–H and O–H groups in total. The molecule has 164 valence electrons. The second-order valence-corrected chi connectivity index (χ2v) is 8.73. The third-order valence-electron chi connectivity index (χ3n) is 6.53. The third kappa shape index (κ3) is 5.44. The largest absolute Gasteiger partial charge is 0.370 e. The van der Waals surface area contributed by atoms with Gasteiger partial charge in [-0.1, -0.05) is 42.5 Å². The number of anilines is 2. The van der Waals surface area contributed by atoms with E-state index in [-0.39, 0.29) is 23.7 Å². The number of nitrogens with two attached hydrogens (primary N) is 1. The summed E-state index contributed by atoms with van der Waals surface area (Å²) in [5.41, 5.74) is 8.63. The minimum Gasteiger partial charge on any atom is -0.370 e. The number of nitrogens with one attached hydrogen (secondary N) is 1. The highest BCUT2D eigenvalue weighted by atomic mass is 16.2. The van der Waals surface area contributed by atoms with Gasteiger partial charge in [0.05, 0.1) is 17.3 Å². The number of rotatable bonds is 6. The van der Waals surface area contributed by atoms with Crippen LogP contribution in [-0.2, 0) is 16.1 Å². The maximum Gasteiger partial charge on any atom is 0.228 e. The van der Waals surface area contributed by atoms with Gasteiger partial charge in [0, 0.05) is 32.1 Å². The van der Waals surface area contributed by atoms with E-state index in [1.165, 1.54) is 5.56 Å². The molecule has 0 bridgehead atoms. The van der Waals surface area contributed by atoms with Crippen molar-refractivity contribution in [1.82, 2.24) is 4.90 Å². The lowest BCUT2D eigenvalue weighted by molar-refractivity contribution is -0.122. The molecular weight excluding hydrogens is 388 g/mol. The van der Waals surface area contributed by atoms with Crippen molar-refractivity contribution < 1.29 is 9.59 Å². The number of para-hydroxylation sites is 2. The van der Waals surface area contributed by atoms with Crippen LogP contribution in [0, 0.1) is 11.8 Å². The van der Waals surface area contributed by atoms with Crippen molar-refractivity contribution in [2.45, 2.75) is 32.2 Å². The topological polar surface area (TPSA) is 78.7 Å². The van der Waals surface area contributed by atoms with Crippen molar-refractivity contribution in [3.8, 4) is 0 Å². The molecule has 2 aromatic carbocycles. The Hall–Kier alpha value is -2.86. The molecule has 31 heavy (non-hydrogen) atoms. The SMILES string of the molecule is NC(=O)C1CCN(c2ccccc2NC(=O)C2CCCN(Cc3ccccc3)C2)CC1. The Morgan fingerprint density at radius 1 is 0.903 bits per heavy atom. The van der Waals surface area contributed by atoms with Crippen LogP contribution in [0.15, 0.2) is 54.6 Å². The highest BCUT2D eigenvalue weighted by Crippen LogP contribution is 2.31. The summed E-state index contributed by atoms with van der Waals surface area (Å²) < 4.78 is 0. The summed E-state index contributed by atoms with van der Waals surface area (Å²) in [5, 5.41) is 3.20. The van der Waals surface area contributed by atoms with Gasteiger partial charge in [0.2, 0.25) is 11.8 Å². The minimum absolute atomic E-state index is 0.00823. The van der Waals surface area contributed by atoms with Crippen LogP contribution in [-0.4, -0.2) is 42.9 Å². The van der Waals surface area contributed by atoms with Gasteiger partial charge in [0.25, 0.3) is 0 Å². The fourth-order valence-electron chi connectivity index (χ4n) is 4.75. The van der Waals surface area contributed by atoms with Gasteiger partial charge in [0.1, 0.15) is 0 Å². The number of carbonyl (C=O) groups is 2. The number of benzene rings is 2. The van der Waals surface area contributed by atoms with E-state index in [1.807, 2.05) is 30.3 Å². The summed E-state index contributed by atoms with van der Waals surface area (Å²) in [6, 6.07) is 18.4. The zero-order chi connectivity index (χ0) is 21.6. The molecule has 0 saturated carbocycles. The van der Waals surface area contributed by atoms with E-state index in [9.17, 15) is 9.59 Å². The second-order valence-electron chi connectivity index (χ2n) is 8.73. The van der Waals surface area contributed by atoms with Crippen LogP contribution >= 0.6 is 0 Å². The molecule has 0 spiro atoms. The molecule has 2 heterocycles. The van der Waals surface area contributed by atoms with Gasteiger partial charge >= 0.3 is 0 Å². The molecule has 2 aliphatic heterocycles. The second kappa shape index (κ2) is 9.96. The number of piperidine rings is 2. The van der Waals surface area contributed by atoms with Gasteiger partial charge < -0.3 is 16.0 Å². The van der Waals surface area contributed by atoms with Crippen molar-refractivity contribution in [2.75, 3.05) is 36.4 Å². The quantitative estimate of drug-likeness (QED) is 0.752. The molecule has 0 aromatic heterocycles. The van der Waals surface area contributed by atoms with Crippen LogP contribution in [0.2, 0.25) is 0 Å². The lowest BCUT2D eigenvalue weighted by Gasteiger charge is -2.34. The molecule has 2 saturated heterocycles. The fraction of sp³-hybridized carbons (Fsp3) is 0.440. The van der Waals surface area contributed by atoms with Gasteiger partial charge in [-0.3, -0.25) is 14.5 Å². The highest BCUT2D eigenvalue weighted by molar-refractivity contribution is 5.96. The average molecular weight is 421 g/mol. The van der Waals surface area contributed by atoms with Crippen molar-refractivity contribution in [3.63, 3.8) is 0 Å². The number of nitrogens with zero attached hydrogens (tertiary/aromatic N) is 2. The molecule has 2 amide bonds. The van der Waals surface area contributed by atoms with Crippen LogP contribution in [0.25, 0.3) is 0 Å². The number of hydrogen-bond donors (Lipinski definition) is 2. The zero-order valence-electron chi connectivity index (χ0n) is 18.0. The summed E-state index contributed by atoms with van der Waals surface area (Å²) in [6.07, 6.45) is 3.47. The van der Waals surface area contributed by atoms with Crippen LogP contribution < -0.4 is 16.0 Å². The van der Waals surface area contributed by atoms with E-state index in [0.29, 0.717) is 0 Å². The summed E-state index contributed by atoms with van der Waals surface area (Å²) in [5.74, 6) is -0.169. The van der Waals surface area contributed by atoms with Crippen LogP contribution in [0.5, 0.6) is 0 Å². The van der Waals surface area contributed by atoms with Crippen LogP contribution in [0.4, 0.5) is 11.4 Å². The first-order chi connectivity index (χ1) is 15.1. The number of likely N-dealkylation sites (tertiary alicyclic amines) is 1. The summed E-state index contributed by atoms with van der Waals surface area (Å²) >= 11 is 0. The van der Waals surface area contributed by atoms with Crippen molar-refractivity contribution in [3.05, 3.63) is 60.2 Å². The van der Waals surface area contributed by atoms with Gasteiger partial charge in [-0.05, 0) is 49.9 Å². The molecule has 6 nitrogen and oxygen atoms in total. The zero-order valence-corrected chi connectivity index (χ0v) is 18.0. The third-order valence-corrected chi connectivity index (χ3v) is 6.53. The molecule has 1 atom stereocenters. The lowest BCUT2D eigenvalue weighted by atomic mass is 9.95. The van der Waals surface area contributed by atoms with Crippen LogP contribution in [0.1, 0.15) is 31.2 Å². The first-order valence-electron chi connectivity index (χ1n) is 11.3. The predicted octanol–water partition coefficient (Wildman–Crippen LogP) is 3.24. The predicted molar refractivity (Wildman–Crippen MR) is 124 cm³/mol. The number of primary amides is 1.